The van der Waals surface area contributed by atoms with Gasteiger partial charge in [-0.05, 0) is 17.7 Å². The maximum atomic E-state index is 5.81. The number of nitrogens with two attached hydrogens (primary N) is 1. The van der Waals surface area contributed by atoms with Crippen LogP contribution in [0.1, 0.15) is 5.56 Å². The van der Waals surface area contributed by atoms with E-state index >= 15 is 0 Å². The number of rotatable bonds is 1. The fourth-order valence-electron chi connectivity index (χ4n) is 1.29. The molecule has 1 aromatic heterocycles. The number of benzene rings is 1. The fourth-order valence-corrected chi connectivity index (χ4v) is 2.88. The molecule has 2 N–H and O–H groups in total. The lowest BCUT2D eigenvalue weighted by molar-refractivity contribution is 1.43. The summed E-state index contributed by atoms with van der Waals surface area (Å²) in [6, 6.07) is 5.89. The van der Waals surface area contributed by atoms with Crippen LogP contribution in [-0.2, 0) is 5.88 Å². The first kappa shape index (κ1) is 9.19. The van der Waals surface area contributed by atoms with Gasteiger partial charge in [0.05, 0.1) is 5.00 Å². The largest absolute Gasteiger partial charge is 0.391 e. The normalized spacial score (nSPS) is 10.9. The van der Waals surface area contributed by atoms with Crippen LogP contribution in [0.2, 0.25) is 0 Å². The molecular weight excluding hydrogens is 222 g/mol. The third-order valence-electron chi connectivity index (χ3n) is 1.91. The van der Waals surface area contributed by atoms with Gasteiger partial charge in [0.25, 0.3) is 0 Å². The van der Waals surface area contributed by atoms with Gasteiger partial charge in [0.15, 0.2) is 0 Å². The van der Waals surface area contributed by atoms with E-state index in [0.717, 1.165) is 25.5 Å². The Morgan fingerprint density at radius 3 is 2.92 bits per heavy atom. The number of nitrogen functional groups attached to an aromatic ring is 1. The van der Waals surface area contributed by atoms with Crippen molar-refractivity contribution in [1.82, 2.24) is 0 Å². The summed E-state index contributed by atoms with van der Waals surface area (Å²) in [5.74, 6) is 0.518. The van der Waals surface area contributed by atoms with Crippen molar-refractivity contribution >= 4 is 50.7 Å². The van der Waals surface area contributed by atoms with Crippen LogP contribution < -0.4 is 5.73 Å². The summed E-state index contributed by atoms with van der Waals surface area (Å²) in [7, 11) is 0. The van der Waals surface area contributed by atoms with Crippen molar-refractivity contribution in [3.05, 3.63) is 23.8 Å². The molecule has 0 aliphatic rings. The van der Waals surface area contributed by atoms with E-state index in [1.165, 1.54) is 0 Å². The Labute approximate surface area is 90.9 Å². The molecule has 0 bridgehead atoms. The van der Waals surface area contributed by atoms with Gasteiger partial charge in [0.2, 0.25) is 0 Å². The lowest BCUT2D eigenvalue weighted by Gasteiger charge is -1.99. The van der Waals surface area contributed by atoms with Crippen LogP contribution in [0.4, 0.5) is 5.00 Å². The number of anilines is 1. The maximum absolute atomic E-state index is 5.81. The Morgan fingerprint density at radius 1 is 1.46 bits per heavy atom. The third kappa shape index (κ3) is 1.52. The van der Waals surface area contributed by atoms with Crippen LogP contribution in [0.15, 0.2) is 23.1 Å². The van der Waals surface area contributed by atoms with Crippen LogP contribution in [0, 0.1) is 0 Å². The molecule has 2 rings (SSSR count). The average Bonchev–Trinajstić information content (AvgIpc) is 2.48. The van der Waals surface area contributed by atoms with E-state index in [2.05, 4.69) is 12.6 Å². The van der Waals surface area contributed by atoms with Crippen LogP contribution in [0.5, 0.6) is 0 Å². The fraction of sp³-hybridized carbons (Fsp3) is 0.111. The van der Waals surface area contributed by atoms with E-state index < -0.39 is 0 Å². The molecular formula is C9H8ClNS2. The van der Waals surface area contributed by atoms with E-state index in [1.54, 1.807) is 11.3 Å². The number of hydrogen-bond donors (Lipinski definition) is 2. The predicted octanol–water partition coefficient (Wildman–Crippen LogP) is 3.51. The van der Waals surface area contributed by atoms with Crippen molar-refractivity contribution in [3.8, 4) is 0 Å². The number of thiophene rings is 1. The molecule has 1 heterocycles. The Bertz CT molecular complexity index is 450. The zero-order chi connectivity index (χ0) is 9.42. The molecule has 4 heteroatoms. The molecule has 13 heavy (non-hydrogen) atoms. The van der Waals surface area contributed by atoms with Gasteiger partial charge in [-0.2, -0.15) is 0 Å². The highest BCUT2D eigenvalue weighted by Crippen LogP contribution is 2.34. The van der Waals surface area contributed by atoms with Gasteiger partial charge < -0.3 is 5.73 Å². The van der Waals surface area contributed by atoms with E-state index in [9.17, 15) is 0 Å². The van der Waals surface area contributed by atoms with Crippen molar-refractivity contribution in [2.75, 3.05) is 5.73 Å². The summed E-state index contributed by atoms with van der Waals surface area (Å²) >= 11 is 11.7. The molecule has 0 aliphatic heterocycles. The molecule has 0 saturated carbocycles. The number of halogens is 1. The SMILES string of the molecule is Nc1cc2c(S)ccc(CCl)c2s1. The highest BCUT2D eigenvalue weighted by atomic mass is 35.5. The quantitative estimate of drug-likeness (QED) is 0.568. The van der Waals surface area contributed by atoms with Crippen LogP contribution >= 0.6 is 35.6 Å². The topological polar surface area (TPSA) is 26.0 Å². The standard InChI is InChI=1S/C9H8ClNS2/c10-4-5-1-2-7(12)6-3-8(11)13-9(5)6/h1-3,12H,4,11H2. The molecule has 68 valence electrons. The molecule has 1 aromatic carbocycles. The van der Waals surface area contributed by atoms with Gasteiger partial charge in [-0.3, -0.25) is 0 Å². The summed E-state index contributed by atoms with van der Waals surface area (Å²) < 4.78 is 1.15. The molecule has 0 spiro atoms. The molecule has 0 saturated heterocycles. The Balaban J connectivity index is 2.83. The first-order valence-corrected chi connectivity index (χ1v) is 5.58. The van der Waals surface area contributed by atoms with Crippen LogP contribution in [0.25, 0.3) is 10.1 Å². The van der Waals surface area contributed by atoms with Gasteiger partial charge in [0.1, 0.15) is 0 Å². The van der Waals surface area contributed by atoms with Gasteiger partial charge >= 0.3 is 0 Å². The van der Waals surface area contributed by atoms with Gasteiger partial charge in [0, 0.05) is 20.9 Å². The van der Waals surface area contributed by atoms with Crippen LogP contribution in [-0.4, -0.2) is 0 Å². The first-order chi connectivity index (χ1) is 6.22. The Hall–Kier alpha value is -0.380. The minimum atomic E-state index is 0.518. The number of alkyl halides is 1. The summed E-state index contributed by atoms with van der Waals surface area (Å²) in [5, 5.41) is 1.91. The zero-order valence-corrected chi connectivity index (χ0v) is 9.22. The van der Waals surface area contributed by atoms with Crippen molar-refractivity contribution in [3.63, 3.8) is 0 Å². The average molecular weight is 230 g/mol. The van der Waals surface area contributed by atoms with E-state index in [1.807, 2.05) is 18.2 Å². The minimum Gasteiger partial charge on any atom is -0.391 e. The van der Waals surface area contributed by atoms with Crippen molar-refractivity contribution < 1.29 is 0 Å². The zero-order valence-electron chi connectivity index (χ0n) is 6.75. The molecule has 0 fully saturated rings. The van der Waals surface area contributed by atoms with Crippen LogP contribution in [0.3, 0.4) is 0 Å². The second-order valence-corrected chi connectivity index (χ2v) is 4.60. The second-order valence-electron chi connectivity index (χ2n) is 2.77. The molecule has 0 aliphatic carbocycles. The molecule has 0 atom stereocenters. The smallest absolute Gasteiger partial charge is 0.0869 e. The van der Waals surface area contributed by atoms with E-state index in [0.29, 0.717) is 5.88 Å². The Morgan fingerprint density at radius 2 is 2.23 bits per heavy atom. The lowest BCUT2D eigenvalue weighted by Crippen LogP contribution is -1.77. The molecule has 0 radical (unpaired) electrons. The van der Waals surface area contributed by atoms with E-state index in [-0.39, 0.29) is 0 Å². The summed E-state index contributed by atoms with van der Waals surface area (Å²) in [4.78, 5) is 0.955. The summed E-state index contributed by atoms with van der Waals surface area (Å²) in [6.07, 6.45) is 0. The first-order valence-electron chi connectivity index (χ1n) is 3.78. The van der Waals surface area contributed by atoms with Gasteiger partial charge in [-0.25, -0.2) is 0 Å². The Kier molecular flexibility index (Phi) is 2.41. The summed E-state index contributed by atoms with van der Waals surface area (Å²) in [6.45, 7) is 0. The molecule has 0 amide bonds. The van der Waals surface area contributed by atoms with Gasteiger partial charge in [-0.1, -0.05) is 6.07 Å². The maximum Gasteiger partial charge on any atom is 0.0869 e. The second kappa shape index (κ2) is 3.40. The summed E-state index contributed by atoms with van der Waals surface area (Å²) in [5.41, 5.74) is 6.85. The molecule has 1 nitrogen and oxygen atoms in total. The van der Waals surface area contributed by atoms with E-state index in [4.69, 9.17) is 17.3 Å². The van der Waals surface area contributed by atoms with Crippen molar-refractivity contribution in [1.29, 1.82) is 0 Å². The highest BCUT2D eigenvalue weighted by Gasteiger charge is 2.06. The number of thiol groups is 1. The number of hydrogen-bond acceptors (Lipinski definition) is 3. The lowest BCUT2D eigenvalue weighted by atomic mass is 10.2. The molecule has 2 aromatic rings. The highest BCUT2D eigenvalue weighted by molar-refractivity contribution is 7.80. The van der Waals surface area contributed by atoms with Crippen molar-refractivity contribution in [2.24, 2.45) is 0 Å². The van der Waals surface area contributed by atoms with Gasteiger partial charge in [-0.15, -0.1) is 35.6 Å². The predicted molar refractivity (Wildman–Crippen MR) is 63.0 cm³/mol. The monoisotopic (exact) mass is 229 g/mol. The number of fused-ring (bicyclic) bond motifs is 1. The minimum absolute atomic E-state index is 0.518. The van der Waals surface area contributed by atoms with Crippen molar-refractivity contribution in [2.45, 2.75) is 10.8 Å². The third-order valence-corrected chi connectivity index (χ3v) is 3.62. The molecule has 0 unspecified atom stereocenters.